The van der Waals surface area contributed by atoms with Crippen molar-refractivity contribution in [3.8, 4) is 22.8 Å². The summed E-state index contributed by atoms with van der Waals surface area (Å²) in [7, 11) is 1.65. The first-order chi connectivity index (χ1) is 15.9. The van der Waals surface area contributed by atoms with E-state index in [4.69, 9.17) is 4.74 Å². The van der Waals surface area contributed by atoms with Crippen LogP contribution in [-0.4, -0.2) is 52.4 Å². The standard InChI is InChI=1S/C25H28N4O4/c1-15-14-27-25(26-10-11-33-3)28-23(15)18-6-9-21-17(12-18)5-4-16(2)29(21)24(32)20-8-7-19(30)13-22(20)31/h6-9,12-14,16,30-31H,4-5,10-11H2,1-3H3,(H,26,27,28)/t16-/m0/s1. The lowest BCUT2D eigenvalue weighted by Gasteiger charge is -2.35. The summed E-state index contributed by atoms with van der Waals surface area (Å²) in [6, 6.07) is 9.99. The predicted octanol–water partition coefficient (Wildman–Crippen LogP) is 3.90. The van der Waals surface area contributed by atoms with Crippen LogP contribution in [0.4, 0.5) is 11.6 Å². The number of nitrogens with zero attached hydrogens (tertiary/aromatic N) is 3. The zero-order valence-corrected chi connectivity index (χ0v) is 19.0. The molecule has 0 aliphatic carbocycles. The van der Waals surface area contributed by atoms with Crippen molar-refractivity contribution >= 4 is 17.5 Å². The lowest BCUT2D eigenvalue weighted by atomic mass is 9.93. The number of aryl methyl sites for hydroxylation is 2. The molecule has 3 N–H and O–H groups in total. The molecular formula is C25H28N4O4. The van der Waals surface area contributed by atoms with Crippen molar-refractivity contribution < 1.29 is 19.7 Å². The quantitative estimate of drug-likeness (QED) is 0.491. The number of ether oxygens (including phenoxy) is 1. The van der Waals surface area contributed by atoms with Crippen LogP contribution in [0.5, 0.6) is 11.5 Å². The summed E-state index contributed by atoms with van der Waals surface area (Å²) in [4.78, 5) is 24.1. The van der Waals surface area contributed by atoms with Gasteiger partial charge in [-0.1, -0.05) is 6.07 Å². The van der Waals surface area contributed by atoms with Gasteiger partial charge >= 0.3 is 0 Å². The minimum atomic E-state index is -0.295. The zero-order valence-electron chi connectivity index (χ0n) is 19.0. The lowest BCUT2D eigenvalue weighted by Crippen LogP contribution is -2.42. The Hall–Kier alpha value is -3.65. The van der Waals surface area contributed by atoms with Gasteiger partial charge in [-0.2, -0.15) is 0 Å². The maximum absolute atomic E-state index is 13.3. The van der Waals surface area contributed by atoms with E-state index in [0.717, 1.165) is 40.9 Å². The Morgan fingerprint density at radius 1 is 1.24 bits per heavy atom. The van der Waals surface area contributed by atoms with Crippen molar-refractivity contribution in [2.24, 2.45) is 0 Å². The average Bonchev–Trinajstić information content (AvgIpc) is 2.79. The minimum absolute atomic E-state index is 0.0265. The number of amides is 1. The SMILES string of the molecule is COCCNc1ncc(C)c(-c2ccc3c(c2)CC[C@H](C)N3C(=O)c2ccc(O)cc2O)n1. The Morgan fingerprint density at radius 2 is 2.06 bits per heavy atom. The molecule has 1 aliphatic heterocycles. The van der Waals surface area contributed by atoms with E-state index in [9.17, 15) is 15.0 Å². The molecular weight excluding hydrogens is 420 g/mol. The van der Waals surface area contributed by atoms with E-state index in [2.05, 4.69) is 21.4 Å². The summed E-state index contributed by atoms with van der Waals surface area (Å²) in [6.45, 7) is 5.14. The second-order valence-electron chi connectivity index (χ2n) is 8.25. The van der Waals surface area contributed by atoms with Crippen molar-refractivity contribution in [2.75, 3.05) is 30.5 Å². The molecule has 33 heavy (non-hydrogen) atoms. The molecule has 172 valence electrons. The topological polar surface area (TPSA) is 108 Å². The van der Waals surface area contributed by atoms with Crippen LogP contribution in [0.25, 0.3) is 11.3 Å². The highest BCUT2D eigenvalue weighted by atomic mass is 16.5. The number of carbonyl (C=O) groups excluding carboxylic acids is 1. The summed E-state index contributed by atoms with van der Waals surface area (Å²) in [6.07, 6.45) is 3.43. The number of anilines is 2. The molecule has 1 atom stereocenters. The highest BCUT2D eigenvalue weighted by Gasteiger charge is 2.30. The molecule has 0 bridgehead atoms. The molecule has 4 rings (SSSR count). The average molecular weight is 449 g/mol. The Balaban J connectivity index is 1.67. The molecule has 1 aliphatic rings. The Morgan fingerprint density at radius 3 is 2.82 bits per heavy atom. The largest absolute Gasteiger partial charge is 0.508 e. The number of benzene rings is 2. The molecule has 1 aromatic heterocycles. The molecule has 0 unspecified atom stereocenters. The molecule has 1 amide bonds. The monoisotopic (exact) mass is 448 g/mol. The molecule has 0 saturated heterocycles. The Labute approximate surface area is 192 Å². The van der Waals surface area contributed by atoms with Gasteiger partial charge in [-0.25, -0.2) is 9.97 Å². The first kappa shape index (κ1) is 22.5. The molecule has 0 saturated carbocycles. The van der Waals surface area contributed by atoms with Crippen LogP contribution in [0.15, 0.2) is 42.6 Å². The third-order valence-electron chi connectivity index (χ3n) is 5.88. The molecule has 0 fully saturated rings. The van der Waals surface area contributed by atoms with Gasteiger partial charge in [0.2, 0.25) is 5.95 Å². The normalized spacial score (nSPS) is 15.2. The fourth-order valence-corrected chi connectivity index (χ4v) is 4.12. The van der Waals surface area contributed by atoms with Gasteiger partial charge in [-0.05, 0) is 62.1 Å². The van der Waals surface area contributed by atoms with Gasteiger partial charge in [-0.3, -0.25) is 4.79 Å². The smallest absolute Gasteiger partial charge is 0.262 e. The van der Waals surface area contributed by atoms with Crippen LogP contribution in [-0.2, 0) is 11.2 Å². The van der Waals surface area contributed by atoms with E-state index in [1.165, 1.54) is 18.2 Å². The van der Waals surface area contributed by atoms with E-state index < -0.39 is 0 Å². The number of phenols is 2. The van der Waals surface area contributed by atoms with Crippen molar-refractivity contribution in [1.82, 2.24) is 9.97 Å². The first-order valence-electron chi connectivity index (χ1n) is 10.9. The molecule has 2 heterocycles. The van der Waals surface area contributed by atoms with Crippen molar-refractivity contribution in [1.29, 1.82) is 0 Å². The van der Waals surface area contributed by atoms with Crippen LogP contribution >= 0.6 is 0 Å². The van der Waals surface area contributed by atoms with E-state index >= 15 is 0 Å². The second-order valence-corrected chi connectivity index (χ2v) is 8.25. The van der Waals surface area contributed by atoms with Gasteiger partial charge < -0.3 is 25.2 Å². The maximum atomic E-state index is 13.3. The van der Waals surface area contributed by atoms with Crippen molar-refractivity contribution in [3.05, 3.63) is 59.3 Å². The number of hydrogen-bond donors (Lipinski definition) is 3. The van der Waals surface area contributed by atoms with Gasteiger partial charge in [0.1, 0.15) is 11.5 Å². The number of aromatic hydroxyl groups is 2. The van der Waals surface area contributed by atoms with Crippen LogP contribution in [0.2, 0.25) is 0 Å². The van der Waals surface area contributed by atoms with Gasteiger partial charge in [0.05, 0.1) is 17.9 Å². The van der Waals surface area contributed by atoms with Crippen molar-refractivity contribution in [2.45, 2.75) is 32.7 Å². The lowest BCUT2D eigenvalue weighted by molar-refractivity contribution is 0.0972. The van der Waals surface area contributed by atoms with Crippen LogP contribution in [0.3, 0.4) is 0 Å². The highest BCUT2D eigenvalue weighted by molar-refractivity contribution is 6.09. The van der Waals surface area contributed by atoms with Crippen molar-refractivity contribution in [3.63, 3.8) is 0 Å². The second kappa shape index (κ2) is 9.46. The zero-order chi connectivity index (χ0) is 23.5. The number of fused-ring (bicyclic) bond motifs is 1. The number of phenolic OH excluding ortho intramolecular Hbond substituents is 2. The fraction of sp³-hybridized carbons (Fsp3) is 0.320. The third-order valence-corrected chi connectivity index (χ3v) is 5.88. The predicted molar refractivity (Wildman–Crippen MR) is 127 cm³/mol. The van der Waals surface area contributed by atoms with Gasteiger partial charge in [0.25, 0.3) is 5.91 Å². The molecule has 8 heteroatoms. The summed E-state index contributed by atoms with van der Waals surface area (Å²) in [5, 5.41) is 23.0. The number of methoxy groups -OCH3 is 1. The van der Waals surface area contributed by atoms with E-state index in [0.29, 0.717) is 19.1 Å². The molecule has 0 radical (unpaired) electrons. The summed E-state index contributed by atoms with van der Waals surface area (Å²) in [5.41, 5.74) is 4.77. The van der Waals surface area contributed by atoms with E-state index in [1.54, 1.807) is 18.2 Å². The Kier molecular flexibility index (Phi) is 6.46. The number of rotatable bonds is 6. The van der Waals surface area contributed by atoms with Gasteiger partial charge in [0, 0.05) is 43.2 Å². The number of aromatic nitrogens is 2. The summed E-state index contributed by atoms with van der Waals surface area (Å²) in [5.74, 6) is -0.0757. The highest BCUT2D eigenvalue weighted by Crippen LogP contribution is 2.36. The van der Waals surface area contributed by atoms with Crippen LogP contribution < -0.4 is 10.2 Å². The minimum Gasteiger partial charge on any atom is -0.508 e. The van der Waals surface area contributed by atoms with Gasteiger partial charge in [-0.15, -0.1) is 0 Å². The molecule has 8 nitrogen and oxygen atoms in total. The van der Waals surface area contributed by atoms with Crippen LogP contribution in [0, 0.1) is 6.92 Å². The number of carbonyl (C=O) groups is 1. The maximum Gasteiger partial charge on any atom is 0.262 e. The molecule has 3 aromatic rings. The van der Waals surface area contributed by atoms with E-state index in [1.807, 2.05) is 26.0 Å². The summed E-state index contributed by atoms with van der Waals surface area (Å²) < 4.78 is 5.07. The van der Waals surface area contributed by atoms with E-state index in [-0.39, 0.29) is 29.0 Å². The first-order valence-corrected chi connectivity index (χ1v) is 10.9. The van der Waals surface area contributed by atoms with Gasteiger partial charge in [0.15, 0.2) is 0 Å². The summed E-state index contributed by atoms with van der Waals surface area (Å²) >= 11 is 0. The number of nitrogens with one attached hydrogen (secondary N) is 1. The Bertz CT molecular complexity index is 1180. The molecule has 0 spiro atoms. The molecule has 2 aromatic carbocycles. The fourth-order valence-electron chi connectivity index (χ4n) is 4.12. The van der Waals surface area contributed by atoms with Crippen LogP contribution in [0.1, 0.15) is 34.8 Å². The number of hydrogen-bond acceptors (Lipinski definition) is 7. The third kappa shape index (κ3) is 4.61.